The van der Waals surface area contributed by atoms with Crippen molar-refractivity contribution >= 4 is 0 Å². The zero-order chi connectivity index (χ0) is 7.23. The third kappa shape index (κ3) is 2.64. The van der Waals surface area contributed by atoms with E-state index in [4.69, 9.17) is 0 Å². The smallest absolute Gasteiger partial charge is 0.0834 e. The van der Waals surface area contributed by atoms with Crippen LogP contribution in [0, 0.1) is 0 Å². The summed E-state index contributed by atoms with van der Waals surface area (Å²) in [6.45, 7) is 5.45. The molecule has 0 aromatic heterocycles. The molecule has 1 N–H and O–H groups in total. The molecule has 0 aromatic carbocycles. The van der Waals surface area contributed by atoms with Gasteiger partial charge in [0, 0.05) is 32.7 Å². The van der Waals surface area contributed by atoms with E-state index < -0.39 is 0 Å². The minimum absolute atomic E-state index is 0.0733. The van der Waals surface area contributed by atoms with E-state index in [2.05, 4.69) is 10.2 Å². The molecular formula is C7H15N2O. The summed E-state index contributed by atoms with van der Waals surface area (Å²) in [6.07, 6.45) is 0.806. The van der Waals surface area contributed by atoms with Crippen LogP contribution in [-0.2, 0) is 5.11 Å². The Morgan fingerprint density at radius 2 is 2.00 bits per heavy atom. The maximum Gasteiger partial charge on any atom is 0.0834 e. The molecule has 0 bridgehead atoms. The van der Waals surface area contributed by atoms with E-state index in [1.54, 1.807) is 0 Å². The van der Waals surface area contributed by atoms with Gasteiger partial charge in [-0.25, -0.2) is 5.11 Å². The maximum atomic E-state index is 10.1. The van der Waals surface area contributed by atoms with Gasteiger partial charge in [-0.15, -0.1) is 0 Å². The van der Waals surface area contributed by atoms with E-state index in [1.807, 2.05) is 0 Å². The van der Waals surface area contributed by atoms with Gasteiger partial charge >= 0.3 is 0 Å². The van der Waals surface area contributed by atoms with Gasteiger partial charge in [0.1, 0.15) is 0 Å². The molecule has 3 heteroatoms. The van der Waals surface area contributed by atoms with Crippen LogP contribution in [0.5, 0.6) is 0 Å². The number of rotatable bonds is 3. The highest BCUT2D eigenvalue weighted by Crippen LogP contribution is 1.92. The largest absolute Gasteiger partial charge is 0.314 e. The Labute approximate surface area is 62.0 Å². The maximum absolute atomic E-state index is 10.1. The number of hydrogen-bond donors (Lipinski definition) is 1. The first-order valence-electron chi connectivity index (χ1n) is 3.94. The summed E-state index contributed by atoms with van der Waals surface area (Å²) in [4.78, 5) is 2.34. The van der Waals surface area contributed by atoms with Crippen LogP contribution in [-0.4, -0.2) is 44.2 Å². The minimum atomic E-state index is 0.0733. The van der Waals surface area contributed by atoms with Gasteiger partial charge in [-0.3, -0.25) is 0 Å². The monoisotopic (exact) mass is 143 g/mol. The Hall–Kier alpha value is -0.120. The van der Waals surface area contributed by atoms with E-state index in [9.17, 15) is 5.11 Å². The minimum Gasteiger partial charge on any atom is -0.314 e. The molecule has 1 heterocycles. The molecule has 59 valence electrons. The third-order valence-electron chi connectivity index (χ3n) is 1.83. The molecule has 1 saturated heterocycles. The van der Waals surface area contributed by atoms with Gasteiger partial charge < -0.3 is 10.2 Å². The van der Waals surface area contributed by atoms with Crippen molar-refractivity contribution in [2.24, 2.45) is 0 Å². The Morgan fingerprint density at radius 3 is 2.60 bits per heavy atom. The average Bonchev–Trinajstić information content (AvgIpc) is 2.03. The number of nitrogens with one attached hydrogen (secondary N) is 1. The summed E-state index contributed by atoms with van der Waals surface area (Å²) >= 11 is 0. The summed E-state index contributed by atoms with van der Waals surface area (Å²) in [5, 5.41) is 13.4. The Balaban J connectivity index is 2.02. The standard InChI is InChI=1S/C7H15N2O/c10-7-1-4-9-5-2-8-3-6-9/h8H,1-7H2. The second kappa shape index (κ2) is 4.66. The first-order valence-corrected chi connectivity index (χ1v) is 3.94. The summed E-state index contributed by atoms with van der Waals surface area (Å²) in [7, 11) is 0. The third-order valence-corrected chi connectivity index (χ3v) is 1.83. The Bertz CT molecular complexity index is 81.7. The van der Waals surface area contributed by atoms with Crippen LogP contribution in [0.15, 0.2) is 0 Å². The molecule has 0 aromatic rings. The van der Waals surface area contributed by atoms with Gasteiger partial charge in [-0.05, 0) is 6.42 Å². The van der Waals surface area contributed by atoms with Gasteiger partial charge in [0.05, 0.1) is 6.61 Å². The molecular weight excluding hydrogens is 128 g/mol. The van der Waals surface area contributed by atoms with Crippen molar-refractivity contribution in [3.8, 4) is 0 Å². The van der Waals surface area contributed by atoms with Crippen LogP contribution in [0.3, 0.4) is 0 Å². The SMILES string of the molecule is [O]CCCN1CCNCC1. The van der Waals surface area contributed by atoms with Crippen molar-refractivity contribution in [1.82, 2.24) is 10.2 Å². The van der Waals surface area contributed by atoms with Crippen LogP contribution in [0.1, 0.15) is 6.42 Å². The topological polar surface area (TPSA) is 35.2 Å². The molecule has 0 spiro atoms. The highest BCUT2D eigenvalue weighted by Gasteiger charge is 2.07. The lowest BCUT2D eigenvalue weighted by molar-refractivity contribution is 0.159. The molecule has 1 rings (SSSR count). The van der Waals surface area contributed by atoms with E-state index >= 15 is 0 Å². The normalized spacial score (nSPS) is 21.3. The summed E-state index contributed by atoms with van der Waals surface area (Å²) in [5.41, 5.74) is 0. The zero-order valence-electron chi connectivity index (χ0n) is 6.31. The van der Waals surface area contributed by atoms with Gasteiger partial charge in [-0.1, -0.05) is 0 Å². The molecule has 3 nitrogen and oxygen atoms in total. The average molecular weight is 143 g/mol. The van der Waals surface area contributed by atoms with Crippen LogP contribution >= 0.6 is 0 Å². The lowest BCUT2D eigenvalue weighted by Crippen LogP contribution is -2.43. The van der Waals surface area contributed by atoms with E-state index in [1.165, 1.54) is 0 Å². The lowest BCUT2D eigenvalue weighted by atomic mass is 10.3. The van der Waals surface area contributed by atoms with Crippen molar-refractivity contribution in [1.29, 1.82) is 0 Å². The number of piperazine rings is 1. The molecule has 1 radical (unpaired) electrons. The van der Waals surface area contributed by atoms with E-state index in [0.29, 0.717) is 0 Å². The first-order chi connectivity index (χ1) is 4.93. The van der Waals surface area contributed by atoms with E-state index in [0.717, 1.165) is 39.1 Å². The first kappa shape index (κ1) is 7.98. The summed E-state index contributed by atoms with van der Waals surface area (Å²) < 4.78 is 0. The molecule has 1 aliphatic heterocycles. The van der Waals surface area contributed by atoms with Crippen molar-refractivity contribution in [2.75, 3.05) is 39.3 Å². The second-order valence-electron chi connectivity index (χ2n) is 2.65. The molecule has 1 aliphatic rings. The van der Waals surface area contributed by atoms with Crippen molar-refractivity contribution in [3.63, 3.8) is 0 Å². The number of nitrogens with zero attached hydrogens (tertiary/aromatic N) is 1. The van der Waals surface area contributed by atoms with Crippen molar-refractivity contribution < 1.29 is 5.11 Å². The fourth-order valence-electron chi connectivity index (χ4n) is 1.22. The summed E-state index contributed by atoms with van der Waals surface area (Å²) in [6, 6.07) is 0. The van der Waals surface area contributed by atoms with E-state index in [-0.39, 0.29) is 6.61 Å². The molecule has 0 unspecified atom stereocenters. The van der Waals surface area contributed by atoms with Crippen LogP contribution in [0.2, 0.25) is 0 Å². The van der Waals surface area contributed by atoms with Gasteiger partial charge in [0.15, 0.2) is 0 Å². The highest BCUT2D eigenvalue weighted by molar-refractivity contribution is 4.66. The Kier molecular flexibility index (Phi) is 3.72. The fourth-order valence-corrected chi connectivity index (χ4v) is 1.22. The van der Waals surface area contributed by atoms with Crippen LogP contribution < -0.4 is 5.32 Å². The van der Waals surface area contributed by atoms with Crippen molar-refractivity contribution in [2.45, 2.75) is 6.42 Å². The predicted molar refractivity (Wildman–Crippen MR) is 39.5 cm³/mol. The van der Waals surface area contributed by atoms with Gasteiger partial charge in [-0.2, -0.15) is 0 Å². The van der Waals surface area contributed by atoms with Crippen LogP contribution in [0.25, 0.3) is 0 Å². The van der Waals surface area contributed by atoms with Gasteiger partial charge in [0.2, 0.25) is 0 Å². The molecule has 1 fully saturated rings. The highest BCUT2D eigenvalue weighted by atomic mass is 16.3. The van der Waals surface area contributed by atoms with Gasteiger partial charge in [0.25, 0.3) is 0 Å². The molecule has 0 amide bonds. The molecule has 10 heavy (non-hydrogen) atoms. The molecule has 0 saturated carbocycles. The quantitative estimate of drug-likeness (QED) is 0.589. The zero-order valence-corrected chi connectivity index (χ0v) is 6.31. The number of hydrogen-bond acceptors (Lipinski definition) is 2. The van der Waals surface area contributed by atoms with Crippen molar-refractivity contribution in [3.05, 3.63) is 0 Å². The predicted octanol–water partition coefficient (Wildman–Crippen LogP) is -0.288. The second-order valence-corrected chi connectivity index (χ2v) is 2.65. The Morgan fingerprint density at radius 1 is 1.30 bits per heavy atom. The van der Waals surface area contributed by atoms with Crippen LogP contribution in [0.4, 0.5) is 0 Å². The fraction of sp³-hybridized carbons (Fsp3) is 1.00. The molecule has 0 aliphatic carbocycles. The molecule has 0 atom stereocenters. The summed E-state index contributed by atoms with van der Waals surface area (Å²) in [5.74, 6) is 0. The lowest BCUT2D eigenvalue weighted by Gasteiger charge is -2.26.